The van der Waals surface area contributed by atoms with Crippen LogP contribution in [0.3, 0.4) is 0 Å². The Morgan fingerprint density at radius 3 is 2.50 bits per heavy atom. The Labute approximate surface area is 120 Å². The summed E-state index contributed by atoms with van der Waals surface area (Å²) in [6.45, 7) is 6.16. The zero-order valence-electron chi connectivity index (χ0n) is 12.6. The first kappa shape index (κ1) is 14.5. The molecule has 0 unspecified atom stereocenters. The number of hydrogen-bond acceptors (Lipinski definition) is 3. The number of aromatic nitrogens is 1. The number of hydrogen-bond donors (Lipinski definition) is 1. The molecule has 20 heavy (non-hydrogen) atoms. The van der Waals surface area contributed by atoms with E-state index in [0.29, 0.717) is 6.42 Å². The number of aliphatic hydroxyl groups is 1. The molecule has 1 heterocycles. The molecule has 0 aliphatic rings. The van der Waals surface area contributed by atoms with Crippen molar-refractivity contribution in [3.63, 3.8) is 0 Å². The minimum Gasteiger partial charge on any atom is -0.387 e. The summed E-state index contributed by atoms with van der Waals surface area (Å²) in [5, 5.41) is 9.77. The molecule has 0 amide bonds. The zero-order valence-corrected chi connectivity index (χ0v) is 12.6. The molecule has 106 valence electrons. The Hall–Kier alpha value is -1.87. The molecule has 1 N–H and O–H groups in total. The van der Waals surface area contributed by atoms with Crippen molar-refractivity contribution in [1.29, 1.82) is 0 Å². The van der Waals surface area contributed by atoms with Crippen LogP contribution in [0.4, 0.5) is 11.4 Å². The molecule has 2 rings (SSSR count). The van der Waals surface area contributed by atoms with Gasteiger partial charge in [0.25, 0.3) is 0 Å². The Bertz CT molecular complexity index is 578. The molecular weight excluding hydrogens is 248 g/mol. The van der Waals surface area contributed by atoms with Crippen LogP contribution in [-0.4, -0.2) is 17.1 Å². The van der Waals surface area contributed by atoms with Gasteiger partial charge in [0.05, 0.1) is 23.7 Å². The van der Waals surface area contributed by atoms with E-state index in [1.54, 1.807) is 0 Å². The first-order chi connectivity index (χ1) is 9.52. The minimum atomic E-state index is -0.476. The number of pyridine rings is 1. The van der Waals surface area contributed by atoms with Crippen LogP contribution in [0.1, 0.15) is 36.3 Å². The van der Waals surface area contributed by atoms with E-state index in [9.17, 15) is 5.11 Å². The lowest BCUT2D eigenvalue weighted by atomic mass is 10.1. The fraction of sp³-hybridized carbons (Fsp3) is 0.353. The monoisotopic (exact) mass is 270 g/mol. The first-order valence-electron chi connectivity index (χ1n) is 6.98. The van der Waals surface area contributed by atoms with Crippen LogP contribution in [-0.2, 0) is 0 Å². The number of nitrogens with zero attached hydrogens (tertiary/aromatic N) is 2. The van der Waals surface area contributed by atoms with Gasteiger partial charge in [0.1, 0.15) is 0 Å². The number of aliphatic hydroxyl groups excluding tert-OH is 1. The summed E-state index contributed by atoms with van der Waals surface area (Å²) < 4.78 is 0. The van der Waals surface area contributed by atoms with E-state index in [0.717, 1.165) is 11.4 Å². The largest absolute Gasteiger partial charge is 0.387 e. The summed E-state index contributed by atoms with van der Waals surface area (Å²) in [5.41, 5.74) is 5.42. The topological polar surface area (TPSA) is 36.4 Å². The van der Waals surface area contributed by atoms with Crippen LogP contribution >= 0.6 is 0 Å². The zero-order chi connectivity index (χ0) is 14.7. The van der Waals surface area contributed by atoms with E-state index in [2.05, 4.69) is 41.9 Å². The van der Waals surface area contributed by atoms with E-state index in [1.165, 1.54) is 16.8 Å². The van der Waals surface area contributed by atoms with Gasteiger partial charge in [-0.2, -0.15) is 0 Å². The van der Waals surface area contributed by atoms with Crippen LogP contribution < -0.4 is 4.90 Å². The second-order valence-electron chi connectivity index (χ2n) is 5.21. The maximum Gasteiger partial charge on any atom is 0.0957 e. The molecule has 3 heteroatoms. The molecule has 0 saturated heterocycles. The summed E-state index contributed by atoms with van der Waals surface area (Å²) in [6.07, 6.45) is 2.02. The maximum absolute atomic E-state index is 9.77. The van der Waals surface area contributed by atoms with Gasteiger partial charge in [0, 0.05) is 12.7 Å². The fourth-order valence-electron chi connectivity index (χ4n) is 2.32. The lowest BCUT2D eigenvalue weighted by Crippen LogP contribution is -2.11. The van der Waals surface area contributed by atoms with E-state index in [4.69, 9.17) is 0 Å². The summed E-state index contributed by atoms with van der Waals surface area (Å²) in [7, 11) is 2.03. The van der Waals surface area contributed by atoms with Gasteiger partial charge in [0.15, 0.2) is 0 Å². The number of benzene rings is 1. The Kier molecular flexibility index (Phi) is 4.40. The van der Waals surface area contributed by atoms with E-state index >= 15 is 0 Å². The van der Waals surface area contributed by atoms with Crippen molar-refractivity contribution in [3.8, 4) is 0 Å². The Morgan fingerprint density at radius 1 is 1.20 bits per heavy atom. The summed E-state index contributed by atoms with van der Waals surface area (Å²) in [6, 6.07) is 10.3. The quantitative estimate of drug-likeness (QED) is 0.915. The number of anilines is 2. The van der Waals surface area contributed by atoms with Crippen LogP contribution in [0.2, 0.25) is 0 Å². The SMILES string of the molecule is CC[C@H](O)c1ccc(N(C)c2ccc(C)cc2C)cn1. The van der Waals surface area contributed by atoms with Gasteiger partial charge in [-0.15, -0.1) is 0 Å². The van der Waals surface area contributed by atoms with Crippen LogP contribution in [0.25, 0.3) is 0 Å². The van der Waals surface area contributed by atoms with Gasteiger partial charge >= 0.3 is 0 Å². The molecule has 2 aromatic rings. The van der Waals surface area contributed by atoms with Crippen molar-refractivity contribution >= 4 is 11.4 Å². The van der Waals surface area contributed by atoms with E-state index in [1.807, 2.05) is 32.3 Å². The van der Waals surface area contributed by atoms with Crippen molar-refractivity contribution in [3.05, 3.63) is 53.3 Å². The predicted octanol–water partition coefficient (Wildman–Crippen LogP) is 3.91. The standard InChI is InChI=1S/C17H22N2O/c1-5-17(20)15-8-7-14(11-18-15)19(4)16-9-6-12(2)10-13(16)3/h6-11,17,20H,5H2,1-4H3/t17-/m0/s1. The van der Waals surface area contributed by atoms with Crippen LogP contribution in [0.5, 0.6) is 0 Å². The molecule has 0 spiro atoms. The average Bonchev–Trinajstić information content (AvgIpc) is 2.46. The van der Waals surface area contributed by atoms with Crippen molar-refractivity contribution in [2.45, 2.75) is 33.3 Å². The average molecular weight is 270 g/mol. The van der Waals surface area contributed by atoms with Crippen molar-refractivity contribution in [2.24, 2.45) is 0 Å². The second kappa shape index (κ2) is 6.06. The Balaban J connectivity index is 2.26. The van der Waals surface area contributed by atoms with Crippen LogP contribution in [0, 0.1) is 13.8 Å². The molecule has 0 radical (unpaired) electrons. The van der Waals surface area contributed by atoms with Crippen molar-refractivity contribution in [2.75, 3.05) is 11.9 Å². The van der Waals surface area contributed by atoms with Gasteiger partial charge in [-0.1, -0.05) is 24.6 Å². The Morgan fingerprint density at radius 2 is 1.95 bits per heavy atom. The third kappa shape index (κ3) is 2.99. The highest BCUT2D eigenvalue weighted by Gasteiger charge is 2.10. The maximum atomic E-state index is 9.77. The van der Waals surface area contributed by atoms with Gasteiger partial charge in [-0.3, -0.25) is 4.98 Å². The fourth-order valence-corrected chi connectivity index (χ4v) is 2.32. The highest BCUT2D eigenvalue weighted by atomic mass is 16.3. The minimum absolute atomic E-state index is 0.476. The van der Waals surface area contributed by atoms with Gasteiger partial charge in [0.2, 0.25) is 0 Å². The molecule has 3 nitrogen and oxygen atoms in total. The first-order valence-corrected chi connectivity index (χ1v) is 6.98. The molecule has 1 aromatic carbocycles. The molecule has 0 fully saturated rings. The molecule has 0 saturated carbocycles. The lowest BCUT2D eigenvalue weighted by Gasteiger charge is -2.22. The van der Waals surface area contributed by atoms with Crippen molar-refractivity contribution < 1.29 is 5.11 Å². The normalized spacial score (nSPS) is 12.2. The van der Waals surface area contributed by atoms with Crippen LogP contribution in [0.15, 0.2) is 36.5 Å². The van der Waals surface area contributed by atoms with E-state index in [-0.39, 0.29) is 0 Å². The predicted molar refractivity (Wildman–Crippen MR) is 83.5 cm³/mol. The molecule has 1 aromatic heterocycles. The van der Waals surface area contributed by atoms with Gasteiger partial charge in [-0.05, 0) is 44.0 Å². The third-order valence-electron chi connectivity index (χ3n) is 3.60. The highest BCUT2D eigenvalue weighted by Crippen LogP contribution is 2.27. The molecule has 0 aliphatic carbocycles. The number of aryl methyl sites for hydroxylation is 2. The summed E-state index contributed by atoms with van der Waals surface area (Å²) in [5.74, 6) is 0. The van der Waals surface area contributed by atoms with Crippen molar-refractivity contribution in [1.82, 2.24) is 4.98 Å². The molecule has 0 aliphatic heterocycles. The second-order valence-corrected chi connectivity index (χ2v) is 5.21. The van der Waals surface area contributed by atoms with Gasteiger partial charge < -0.3 is 10.0 Å². The molecule has 0 bridgehead atoms. The summed E-state index contributed by atoms with van der Waals surface area (Å²) in [4.78, 5) is 6.47. The summed E-state index contributed by atoms with van der Waals surface area (Å²) >= 11 is 0. The smallest absolute Gasteiger partial charge is 0.0957 e. The van der Waals surface area contributed by atoms with Gasteiger partial charge in [-0.25, -0.2) is 0 Å². The number of rotatable bonds is 4. The van der Waals surface area contributed by atoms with E-state index < -0.39 is 6.10 Å². The highest BCUT2D eigenvalue weighted by molar-refractivity contribution is 5.65. The third-order valence-corrected chi connectivity index (χ3v) is 3.60. The molecule has 1 atom stereocenters. The molecular formula is C17H22N2O. The lowest BCUT2D eigenvalue weighted by molar-refractivity contribution is 0.169.